The second-order valence-electron chi connectivity index (χ2n) is 4.22. The molecule has 0 spiro atoms. The Bertz CT molecular complexity index is 418. The van der Waals surface area contributed by atoms with Crippen molar-refractivity contribution in [2.24, 2.45) is 0 Å². The number of morpholine rings is 1. The Morgan fingerprint density at radius 1 is 1.40 bits per heavy atom. The molecule has 20 heavy (non-hydrogen) atoms. The summed E-state index contributed by atoms with van der Waals surface area (Å²) in [5.41, 5.74) is 0. The van der Waals surface area contributed by atoms with Crippen LogP contribution < -0.4 is 10.6 Å². The van der Waals surface area contributed by atoms with Gasteiger partial charge in [0.1, 0.15) is 12.6 Å². The van der Waals surface area contributed by atoms with Crippen LogP contribution in [0.25, 0.3) is 0 Å². The van der Waals surface area contributed by atoms with Crippen molar-refractivity contribution < 1.29 is 19.1 Å². The highest BCUT2D eigenvalue weighted by molar-refractivity contribution is 6.35. The third-order valence-electron chi connectivity index (χ3n) is 2.76. The van der Waals surface area contributed by atoms with Gasteiger partial charge in [-0.1, -0.05) is 6.92 Å². The highest BCUT2D eigenvalue weighted by Gasteiger charge is 2.35. The van der Waals surface area contributed by atoms with Gasteiger partial charge in [-0.2, -0.15) is 5.26 Å². The molecule has 1 atom stereocenters. The first-order chi connectivity index (χ1) is 9.61. The van der Waals surface area contributed by atoms with E-state index >= 15 is 0 Å². The molecule has 0 saturated carbocycles. The molecule has 1 aliphatic heterocycles. The summed E-state index contributed by atoms with van der Waals surface area (Å²) in [4.78, 5) is 36.6. The molecule has 0 radical (unpaired) electrons. The van der Waals surface area contributed by atoms with Crippen molar-refractivity contribution in [3.63, 3.8) is 0 Å². The molecule has 2 N–H and O–H groups in total. The molecular weight excluding hydrogens is 264 g/mol. The zero-order valence-electron chi connectivity index (χ0n) is 11.3. The minimum Gasteiger partial charge on any atom is -0.377 e. The Hall–Kier alpha value is -2.14. The minimum atomic E-state index is -0.887. The molecule has 1 rings (SSSR count). The van der Waals surface area contributed by atoms with Gasteiger partial charge in [0.2, 0.25) is 5.91 Å². The summed E-state index contributed by atoms with van der Waals surface area (Å²) in [7, 11) is 0. The lowest BCUT2D eigenvalue weighted by Gasteiger charge is -2.33. The predicted molar refractivity (Wildman–Crippen MR) is 68.2 cm³/mol. The van der Waals surface area contributed by atoms with E-state index in [0.29, 0.717) is 6.54 Å². The number of carbonyl (C=O) groups excluding carboxylic acids is 3. The van der Waals surface area contributed by atoms with Crippen LogP contribution in [0.1, 0.15) is 13.3 Å². The van der Waals surface area contributed by atoms with Crippen LogP contribution in [0.2, 0.25) is 0 Å². The maximum atomic E-state index is 12.0. The minimum absolute atomic E-state index is 0.0623. The molecule has 8 heteroatoms. The summed E-state index contributed by atoms with van der Waals surface area (Å²) in [6, 6.07) is 0.902. The first kappa shape index (κ1) is 15.9. The van der Waals surface area contributed by atoms with Crippen molar-refractivity contribution in [3.05, 3.63) is 0 Å². The van der Waals surface area contributed by atoms with Gasteiger partial charge in [0.05, 0.1) is 19.3 Å². The third kappa shape index (κ3) is 4.20. The molecule has 1 fully saturated rings. The maximum absolute atomic E-state index is 12.0. The van der Waals surface area contributed by atoms with E-state index in [2.05, 4.69) is 10.6 Å². The van der Waals surface area contributed by atoms with E-state index in [4.69, 9.17) is 10.00 Å². The van der Waals surface area contributed by atoms with Crippen LogP contribution in [0.3, 0.4) is 0 Å². The lowest BCUT2D eigenvalue weighted by Crippen LogP contribution is -2.58. The zero-order valence-corrected chi connectivity index (χ0v) is 11.3. The van der Waals surface area contributed by atoms with E-state index in [1.807, 2.05) is 6.92 Å². The van der Waals surface area contributed by atoms with Crippen molar-refractivity contribution in [1.82, 2.24) is 15.5 Å². The van der Waals surface area contributed by atoms with Crippen LogP contribution in [0, 0.1) is 11.3 Å². The molecule has 0 aromatic rings. The maximum Gasteiger partial charge on any atom is 0.312 e. The molecule has 3 amide bonds. The highest BCUT2D eigenvalue weighted by atomic mass is 16.5. The largest absolute Gasteiger partial charge is 0.377 e. The lowest BCUT2D eigenvalue weighted by molar-refractivity contribution is -0.155. The molecule has 0 bridgehead atoms. The Kier molecular flexibility index (Phi) is 6.46. The highest BCUT2D eigenvalue weighted by Crippen LogP contribution is 2.08. The number of ether oxygens (including phenoxy) is 1. The Labute approximate surface area is 117 Å². The second kappa shape index (κ2) is 8.12. The van der Waals surface area contributed by atoms with Crippen LogP contribution in [0.4, 0.5) is 0 Å². The van der Waals surface area contributed by atoms with E-state index in [1.54, 1.807) is 6.07 Å². The van der Waals surface area contributed by atoms with Crippen molar-refractivity contribution in [1.29, 1.82) is 5.26 Å². The van der Waals surface area contributed by atoms with Gasteiger partial charge >= 0.3 is 11.8 Å². The van der Waals surface area contributed by atoms with Gasteiger partial charge in [-0.15, -0.1) is 0 Å². The van der Waals surface area contributed by atoms with Gasteiger partial charge in [-0.05, 0) is 6.42 Å². The standard InChI is InChI=1S/C12H18N4O4/c1-2-4-14-10(17)9-8-20-7-6-16(9)12(19)11(18)15-5-3-13/h9H,2,4-8H2,1H3,(H,14,17)(H,15,18). The van der Waals surface area contributed by atoms with Gasteiger partial charge in [-0.25, -0.2) is 0 Å². The average molecular weight is 282 g/mol. The van der Waals surface area contributed by atoms with Crippen molar-refractivity contribution in [2.75, 3.05) is 32.8 Å². The van der Waals surface area contributed by atoms with Crippen LogP contribution in [0.5, 0.6) is 0 Å². The van der Waals surface area contributed by atoms with E-state index < -0.39 is 17.9 Å². The number of hydrogen-bond donors (Lipinski definition) is 2. The summed E-state index contributed by atoms with van der Waals surface area (Å²) in [6.45, 7) is 2.67. The number of hydrogen-bond acceptors (Lipinski definition) is 5. The van der Waals surface area contributed by atoms with Crippen molar-refractivity contribution in [3.8, 4) is 6.07 Å². The lowest BCUT2D eigenvalue weighted by atomic mass is 10.2. The quantitative estimate of drug-likeness (QED) is 0.475. The summed E-state index contributed by atoms with van der Waals surface area (Å²) < 4.78 is 5.19. The van der Waals surface area contributed by atoms with Crippen molar-refractivity contribution in [2.45, 2.75) is 19.4 Å². The van der Waals surface area contributed by atoms with Gasteiger partial charge in [0.25, 0.3) is 0 Å². The molecule has 1 aliphatic rings. The first-order valence-corrected chi connectivity index (χ1v) is 6.43. The number of nitriles is 1. The van der Waals surface area contributed by atoms with Crippen LogP contribution in [-0.2, 0) is 19.1 Å². The Morgan fingerprint density at radius 2 is 2.15 bits per heavy atom. The number of amides is 3. The second-order valence-corrected chi connectivity index (χ2v) is 4.22. The van der Waals surface area contributed by atoms with E-state index in [-0.39, 0.29) is 32.2 Å². The average Bonchev–Trinajstić information content (AvgIpc) is 2.49. The smallest absolute Gasteiger partial charge is 0.312 e. The normalized spacial score (nSPS) is 18.0. The molecule has 1 heterocycles. The number of nitrogens with zero attached hydrogens (tertiary/aromatic N) is 2. The zero-order chi connectivity index (χ0) is 15.0. The monoisotopic (exact) mass is 282 g/mol. The molecule has 8 nitrogen and oxygen atoms in total. The van der Waals surface area contributed by atoms with Gasteiger partial charge in [0.15, 0.2) is 0 Å². The summed E-state index contributed by atoms with van der Waals surface area (Å²) in [5, 5.41) is 13.2. The fourth-order valence-electron chi connectivity index (χ4n) is 1.76. The fraction of sp³-hybridized carbons (Fsp3) is 0.667. The van der Waals surface area contributed by atoms with Crippen LogP contribution >= 0.6 is 0 Å². The van der Waals surface area contributed by atoms with Gasteiger partial charge in [0, 0.05) is 13.1 Å². The summed E-state index contributed by atoms with van der Waals surface area (Å²) in [6.07, 6.45) is 0.774. The Balaban J connectivity index is 2.68. The SMILES string of the molecule is CCCNC(=O)C1COCCN1C(=O)C(=O)NCC#N. The van der Waals surface area contributed by atoms with Crippen molar-refractivity contribution >= 4 is 17.7 Å². The summed E-state index contributed by atoms with van der Waals surface area (Å²) in [5.74, 6) is -2.05. The molecule has 1 saturated heterocycles. The van der Waals surface area contributed by atoms with E-state index in [0.717, 1.165) is 6.42 Å². The third-order valence-corrected chi connectivity index (χ3v) is 2.76. The van der Waals surface area contributed by atoms with E-state index in [1.165, 1.54) is 4.90 Å². The van der Waals surface area contributed by atoms with Gasteiger partial charge in [-0.3, -0.25) is 14.4 Å². The topological polar surface area (TPSA) is 112 Å². The Morgan fingerprint density at radius 3 is 2.80 bits per heavy atom. The fourth-order valence-corrected chi connectivity index (χ4v) is 1.76. The number of rotatable bonds is 4. The summed E-state index contributed by atoms with van der Waals surface area (Å²) >= 11 is 0. The number of carbonyl (C=O) groups is 3. The first-order valence-electron chi connectivity index (χ1n) is 6.43. The number of nitrogens with one attached hydrogen (secondary N) is 2. The van der Waals surface area contributed by atoms with Crippen LogP contribution in [0.15, 0.2) is 0 Å². The molecule has 0 aliphatic carbocycles. The van der Waals surface area contributed by atoms with Gasteiger partial charge < -0.3 is 20.3 Å². The molecule has 1 unspecified atom stereocenters. The molecule has 110 valence electrons. The molecule has 0 aromatic heterocycles. The molecular formula is C12H18N4O4. The predicted octanol–water partition coefficient (Wildman–Crippen LogP) is -1.62. The van der Waals surface area contributed by atoms with E-state index in [9.17, 15) is 14.4 Å². The molecule has 0 aromatic carbocycles. The van der Waals surface area contributed by atoms with Crippen LogP contribution in [-0.4, -0.2) is 61.5 Å².